The van der Waals surface area contributed by atoms with E-state index in [1.807, 2.05) is 0 Å². The van der Waals surface area contributed by atoms with E-state index in [4.69, 9.17) is 5.11 Å². The summed E-state index contributed by atoms with van der Waals surface area (Å²) < 4.78 is 0. The molecule has 2 unspecified atom stereocenters. The van der Waals surface area contributed by atoms with E-state index in [-0.39, 0.29) is 17.2 Å². The lowest BCUT2D eigenvalue weighted by molar-refractivity contribution is -0.152. The maximum absolute atomic E-state index is 12.5. The van der Waals surface area contributed by atoms with Crippen LogP contribution in [0.5, 0.6) is 0 Å². The van der Waals surface area contributed by atoms with Gasteiger partial charge in [0.05, 0.1) is 11.8 Å². The van der Waals surface area contributed by atoms with Gasteiger partial charge in [0.1, 0.15) is 0 Å². The smallest absolute Gasteiger partial charge is 0.307 e. The normalized spacial score (nSPS) is 25.5. The van der Waals surface area contributed by atoms with Gasteiger partial charge >= 0.3 is 5.97 Å². The number of aliphatic carboxylic acids is 1. The number of hydrogen-bond donors (Lipinski definition) is 2. The van der Waals surface area contributed by atoms with Crippen LogP contribution in [0.25, 0.3) is 0 Å². The summed E-state index contributed by atoms with van der Waals surface area (Å²) in [7, 11) is 0. The number of carboxylic acids is 1. The van der Waals surface area contributed by atoms with Crippen LogP contribution in [-0.2, 0) is 15.0 Å². The Hall–Kier alpha value is -1.84. The molecule has 4 heteroatoms. The maximum Gasteiger partial charge on any atom is 0.307 e. The molecule has 0 aliphatic heterocycles. The molecule has 130 valence electrons. The van der Waals surface area contributed by atoms with E-state index in [0.29, 0.717) is 19.4 Å². The third-order valence-electron chi connectivity index (χ3n) is 6.06. The minimum atomic E-state index is -0.840. The van der Waals surface area contributed by atoms with Crippen LogP contribution < -0.4 is 5.32 Å². The molecular weight excluding hydrogens is 302 g/mol. The van der Waals surface area contributed by atoms with Crippen LogP contribution in [0.3, 0.4) is 0 Å². The molecule has 2 aliphatic carbocycles. The molecule has 0 heterocycles. The fraction of sp³-hybridized carbons (Fsp3) is 0.600. The van der Waals surface area contributed by atoms with Gasteiger partial charge in [0.25, 0.3) is 0 Å². The van der Waals surface area contributed by atoms with Crippen molar-refractivity contribution >= 4 is 11.9 Å². The Kier molecular flexibility index (Phi) is 4.93. The van der Waals surface area contributed by atoms with Crippen molar-refractivity contribution in [3.63, 3.8) is 0 Å². The Balaban J connectivity index is 1.73. The van der Waals surface area contributed by atoms with E-state index in [2.05, 4.69) is 36.5 Å². The lowest BCUT2D eigenvalue weighted by Crippen LogP contribution is -2.49. The highest BCUT2D eigenvalue weighted by Crippen LogP contribution is 2.41. The largest absolute Gasteiger partial charge is 0.481 e. The SMILES string of the molecule is Cc1ccccc1C1(CNC(=O)C2CCC2C(=O)O)CCCCC1. The summed E-state index contributed by atoms with van der Waals surface area (Å²) in [4.78, 5) is 23.6. The average Bonchev–Trinajstić information content (AvgIpc) is 2.52. The standard InChI is InChI=1S/C20H27NO3/c1-14-7-3-4-8-17(14)20(11-5-2-6-12-20)13-21-18(22)15-9-10-16(15)19(23)24/h3-4,7-8,15-16H,2,5-6,9-13H2,1H3,(H,21,22)(H,23,24). The summed E-state index contributed by atoms with van der Waals surface area (Å²) in [6.07, 6.45) is 7.12. The van der Waals surface area contributed by atoms with E-state index in [0.717, 1.165) is 12.8 Å². The van der Waals surface area contributed by atoms with E-state index >= 15 is 0 Å². The molecule has 0 radical (unpaired) electrons. The second-order valence-electron chi connectivity index (χ2n) is 7.50. The van der Waals surface area contributed by atoms with Gasteiger partial charge in [-0.2, -0.15) is 0 Å². The summed E-state index contributed by atoms with van der Waals surface area (Å²) in [5.74, 6) is -1.76. The number of amides is 1. The summed E-state index contributed by atoms with van der Waals surface area (Å²) in [5.41, 5.74) is 2.62. The zero-order valence-electron chi connectivity index (χ0n) is 14.4. The second kappa shape index (κ2) is 6.96. The van der Waals surface area contributed by atoms with Gasteiger partial charge < -0.3 is 10.4 Å². The monoisotopic (exact) mass is 329 g/mol. The van der Waals surface area contributed by atoms with E-state index in [1.54, 1.807) is 0 Å². The summed E-state index contributed by atoms with van der Waals surface area (Å²) >= 11 is 0. The molecule has 0 spiro atoms. The molecule has 1 aromatic carbocycles. The van der Waals surface area contributed by atoms with Gasteiger partial charge in [-0.3, -0.25) is 9.59 Å². The average molecular weight is 329 g/mol. The Morgan fingerprint density at radius 2 is 1.79 bits per heavy atom. The fourth-order valence-electron chi connectivity index (χ4n) is 4.43. The zero-order chi connectivity index (χ0) is 17.2. The number of nitrogens with one attached hydrogen (secondary N) is 1. The first-order valence-electron chi connectivity index (χ1n) is 9.10. The Bertz CT molecular complexity index is 619. The highest BCUT2D eigenvalue weighted by Gasteiger charge is 2.42. The van der Waals surface area contributed by atoms with Gasteiger partial charge in [0.2, 0.25) is 5.91 Å². The molecule has 2 saturated carbocycles. The minimum absolute atomic E-state index is 0.00171. The molecule has 1 amide bonds. The molecule has 2 aliphatic rings. The van der Waals surface area contributed by atoms with Crippen molar-refractivity contribution < 1.29 is 14.7 Å². The molecule has 1 aromatic rings. The number of benzene rings is 1. The highest BCUT2D eigenvalue weighted by atomic mass is 16.4. The predicted molar refractivity (Wildman–Crippen MR) is 92.8 cm³/mol. The van der Waals surface area contributed by atoms with Crippen molar-refractivity contribution in [1.82, 2.24) is 5.32 Å². The van der Waals surface area contributed by atoms with Crippen molar-refractivity contribution in [1.29, 1.82) is 0 Å². The molecule has 2 fully saturated rings. The van der Waals surface area contributed by atoms with Crippen molar-refractivity contribution in [2.45, 2.75) is 57.3 Å². The van der Waals surface area contributed by atoms with Gasteiger partial charge in [-0.1, -0.05) is 43.5 Å². The summed E-state index contributed by atoms with van der Waals surface area (Å²) in [6, 6.07) is 8.46. The lowest BCUT2D eigenvalue weighted by atomic mass is 9.67. The van der Waals surface area contributed by atoms with Gasteiger partial charge in [-0.25, -0.2) is 0 Å². The van der Waals surface area contributed by atoms with E-state index in [1.165, 1.54) is 30.4 Å². The molecule has 2 atom stereocenters. The number of carboxylic acid groups (broad SMARTS) is 1. The molecule has 3 rings (SSSR count). The van der Waals surface area contributed by atoms with Crippen LogP contribution in [-0.4, -0.2) is 23.5 Å². The topological polar surface area (TPSA) is 66.4 Å². The van der Waals surface area contributed by atoms with Crippen molar-refractivity contribution in [2.24, 2.45) is 11.8 Å². The number of hydrogen-bond acceptors (Lipinski definition) is 2. The summed E-state index contributed by atoms with van der Waals surface area (Å²) in [5, 5.41) is 12.3. The first-order valence-corrected chi connectivity index (χ1v) is 9.10. The number of rotatable bonds is 5. The molecular formula is C20H27NO3. The van der Waals surface area contributed by atoms with Gasteiger partial charge in [-0.15, -0.1) is 0 Å². The van der Waals surface area contributed by atoms with Crippen molar-refractivity contribution in [2.75, 3.05) is 6.54 Å². The van der Waals surface area contributed by atoms with Crippen LogP contribution in [0.2, 0.25) is 0 Å². The van der Waals surface area contributed by atoms with Gasteiger partial charge in [0.15, 0.2) is 0 Å². The molecule has 4 nitrogen and oxygen atoms in total. The number of aryl methyl sites for hydroxylation is 1. The molecule has 0 aromatic heterocycles. The van der Waals surface area contributed by atoms with Crippen LogP contribution >= 0.6 is 0 Å². The van der Waals surface area contributed by atoms with Crippen molar-refractivity contribution in [3.8, 4) is 0 Å². The first-order chi connectivity index (χ1) is 11.5. The maximum atomic E-state index is 12.5. The summed E-state index contributed by atoms with van der Waals surface area (Å²) in [6.45, 7) is 2.76. The Labute approximate surface area is 143 Å². The quantitative estimate of drug-likeness (QED) is 0.870. The molecule has 0 saturated heterocycles. The van der Waals surface area contributed by atoms with Gasteiger partial charge in [0, 0.05) is 12.0 Å². The predicted octanol–water partition coefficient (Wildman–Crippen LogP) is 3.42. The number of carbonyl (C=O) groups is 2. The third-order valence-corrected chi connectivity index (χ3v) is 6.06. The molecule has 0 bridgehead atoms. The van der Waals surface area contributed by atoms with E-state index < -0.39 is 11.9 Å². The zero-order valence-corrected chi connectivity index (χ0v) is 14.4. The molecule has 24 heavy (non-hydrogen) atoms. The fourth-order valence-corrected chi connectivity index (χ4v) is 4.43. The van der Waals surface area contributed by atoms with Crippen molar-refractivity contribution in [3.05, 3.63) is 35.4 Å². The highest BCUT2D eigenvalue weighted by molar-refractivity contribution is 5.86. The Morgan fingerprint density at radius 1 is 1.12 bits per heavy atom. The number of carbonyl (C=O) groups excluding carboxylic acids is 1. The van der Waals surface area contributed by atoms with Crippen LogP contribution in [0.1, 0.15) is 56.1 Å². The lowest BCUT2D eigenvalue weighted by Gasteiger charge is -2.40. The van der Waals surface area contributed by atoms with Crippen LogP contribution in [0.15, 0.2) is 24.3 Å². The second-order valence-corrected chi connectivity index (χ2v) is 7.50. The third kappa shape index (κ3) is 3.19. The minimum Gasteiger partial charge on any atom is -0.481 e. The Morgan fingerprint density at radius 3 is 2.38 bits per heavy atom. The van der Waals surface area contributed by atoms with Crippen LogP contribution in [0.4, 0.5) is 0 Å². The van der Waals surface area contributed by atoms with Gasteiger partial charge in [-0.05, 0) is 43.7 Å². The first kappa shape index (κ1) is 17.0. The van der Waals surface area contributed by atoms with Crippen LogP contribution in [0, 0.1) is 18.8 Å². The molecule has 2 N–H and O–H groups in total. The van der Waals surface area contributed by atoms with E-state index in [9.17, 15) is 9.59 Å².